The van der Waals surface area contributed by atoms with Crippen molar-refractivity contribution in [2.24, 2.45) is 0 Å². The van der Waals surface area contributed by atoms with Gasteiger partial charge in [-0.05, 0) is 26.7 Å². The topological polar surface area (TPSA) is 29.5 Å². The number of unbranched alkanes of at least 4 members (excludes halogenated alkanes) is 1. The third-order valence-corrected chi connectivity index (χ3v) is 2.52. The summed E-state index contributed by atoms with van der Waals surface area (Å²) < 4.78 is 4.98. The molecule has 0 N–H and O–H groups in total. The van der Waals surface area contributed by atoms with Gasteiger partial charge in [-0.1, -0.05) is 0 Å². The van der Waals surface area contributed by atoms with Crippen LogP contribution in [0.15, 0.2) is 0 Å². The highest BCUT2D eigenvalue weighted by Gasteiger charge is 2.15. The Hall–Kier alpha value is -0.280. The number of rotatable bonds is 8. The van der Waals surface area contributed by atoms with E-state index < -0.39 is 0 Å². The minimum atomic E-state index is 0.201. The molecule has 0 aliphatic heterocycles. The zero-order chi connectivity index (χ0) is 11.7. The van der Waals surface area contributed by atoms with E-state index in [1.54, 1.807) is 7.11 Å². The molecule has 0 spiro atoms. The van der Waals surface area contributed by atoms with E-state index in [2.05, 4.69) is 0 Å². The molecule has 0 rings (SSSR count). The number of carbonyl (C=O) groups excluding carboxylic acids is 1. The van der Waals surface area contributed by atoms with Gasteiger partial charge in [0.25, 0.3) is 0 Å². The molecule has 1 amide bonds. The van der Waals surface area contributed by atoms with Gasteiger partial charge in [0.2, 0.25) is 5.91 Å². The molecular formula is C11H22ClNO2. The van der Waals surface area contributed by atoms with Crippen molar-refractivity contribution in [3.63, 3.8) is 0 Å². The molecular weight excluding hydrogens is 214 g/mol. The van der Waals surface area contributed by atoms with Crippen molar-refractivity contribution in [1.82, 2.24) is 4.90 Å². The summed E-state index contributed by atoms with van der Waals surface area (Å²) in [6.07, 6.45) is 2.37. The maximum absolute atomic E-state index is 11.8. The van der Waals surface area contributed by atoms with E-state index in [0.29, 0.717) is 25.5 Å². The second-order valence-corrected chi connectivity index (χ2v) is 4.20. The number of ether oxygens (including phenoxy) is 1. The molecule has 0 aliphatic rings. The molecule has 0 saturated carbocycles. The van der Waals surface area contributed by atoms with Crippen LogP contribution < -0.4 is 0 Å². The number of carbonyl (C=O) groups is 1. The molecule has 0 aromatic rings. The van der Waals surface area contributed by atoms with Gasteiger partial charge < -0.3 is 9.64 Å². The largest absolute Gasteiger partial charge is 0.383 e. The Morgan fingerprint density at radius 3 is 2.53 bits per heavy atom. The van der Waals surface area contributed by atoms with Crippen molar-refractivity contribution >= 4 is 17.5 Å². The van der Waals surface area contributed by atoms with E-state index in [0.717, 1.165) is 12.8 Å². The smallest absolute Gasteiger partial charge is 0.222 e. The molecule has 0 heterocycles. The first kappa shape index (κ1) is 14.7. The SMILES string of the molecule is COCCN(C(=O)CCCCCl)C(C)C. The van der Waals surface area contributed by atoms with Gasteiger partial charge in [-0.2, -0.15) is 0 Å². The van der Waals surface area contributed by atoms with Crippen LogP contribution in [-0.4, -0.2) is 43.0 Å². The number of methoxy groups -OCH3 is 1. The molecule has 0 unspecified atom stereocenters. The molecule has 3 nitrogen and oxygen atoms in total. The van der Waals surface area contributed by atoms with E-state index in [4.69, 9.17) is 16.3 Å². The van der Waals surface area contributed by atoms with Crippen LogP contribution >= 0.6 is 11.6 Å². The standard InChI is InChI=1S/C11H22ClNO2/c1-10(2)13(8-9-15-3)11(14)6-4-5-7-12/h10H,4-9H2,1-3H3. The van der Waals surface area contributed by atoms with E-state index in [1.165, 1.54) is 0 Å². The number of nitrogens with zero attached hydrogens (tertiary/aromatic N) is 1. The minimum absolute atomic E-state index is 0.201. The zero-order valence-electron chi connectivity index (χ0n) is 9.96. The highest BCUT2D eigenvalue weighted by atomic mass is 35.5. The average Bonchev–Trinajstić information content (AvgIpc) is 2.18. The predicted molar refractivity (Wildman–Crippen MR) is 63.3 cm³/mol. The van der Waals surface area contributed by atoms with Crippen molar-refractivity contribution < 1.29 is 9.53 Å². The van der Waals surface area contributed by atoms with E-state index in [-0.39, 0.29) is 11.9 Å². The number of halogens is 1. The fourth-order valence-corrected chi connectivity index (χ4v) is 1.56. The van der Waals surface area contributed by atoms with Crippen LogP contribution in [0, 0.1) is 0 Å². The van der Waals surface area contributed by atoms with Crippen LogP contribution in [0.5, 0.6) is 0 Å². The Bertz CT molecular complexity index is 174. The van der Waals surface area contributed by atoms with Crippen molar-refractivity contribution in [3.05, 3.63) is 0 Å². The Morgan fingerprint density at radius 1 is 1.40 bits per heavy atom. The molecule has 90 valence electrons. The Morgan fingerprint density at radius 2 is 2.07 bits per heavy atom. The molecule has 0 bridgehead atoms. The van der Waals surface area contributed by atoms with Crippen molar-refractivity contribution in [3.8, 4) is 0 Å². The average molecular weight is 236 g/mol. The second kappa shape index (κ2) is 8.98. The highest BCUT2D eigenvalue weighted by Crippen LogP contribution is 2.05. The number of amides is 1. The normalized spacial score (nSPS) is 10.7. The van der Waals surface area contributed by atoms with Gasteiger partial charge >= 0.3 is 0 Å². The molecule has 0 fully saturated rings. The Balaban J connectivity index is 3.93. The summed E-state index contributed by atoms with van der Waals surface area (Å²) in [5.74, 6) is 0.833. The molecule has 0 saturated heterocycles. The first-order chi connectivity index (χ1) is 7.13. The first-order valence-corrected chi connectivity index (χ1v) is 6.01. The molecule has 0 radical (unpaired) electrons. The van der Waals surface area contributed by atoms with Crippen LogP contribution in [-0.2, 0) is 9.53 Å². The molecule has 0 atom stereocenters. The van der Waals surface area contributed by atoms with Gasteiger partial charge in [0, 0.05) is 32.0 Å². The van der Waals surface area contributed by atoms with Crippen molar-refractivity contribution in [1.29, 1.82) is 0 Å². The van der Waals surface area contributed by atoms with Gasteiger partial charge in [-0.3, -0.25) is 4.79 Å². The zero-order valence-corrected chi connectivity index (χ0v) is 10.7. The van der Waals surface area contributed by atoms with Crippen LogP contribution in [0.25, 0.3) is 0 Å². The van der Waals surface area contributed by atoms with Crippen LogP contribution in [0.3, 0.4) is 0 Å². The number of hydrogen-bond acceptors (Lipinski definition) is 2. The summed E-state index contributed by atoms with van der Waals surface area (Å²) in [5.41, 5.74) is 0. The fraction of sp³-hybridized carbons (Fsp3) is 0.909. The summed E-state index contributed by atoms with van der Waals surface area (Å²) in [4.78, 5) is 13.7. The summed E-state index contributed by atoms with van der Waals surface area (Å²) >= 11 is 5.57. The van der Waals surface area contributed by atoms with Crippen molar-refractivity contribution in [2.75, 3.05) is 26.1 Å². The lowest BCUT2D eigenvalue weighted by atomic mass is 10.2. The summed E-state index contributed by atoms with van der Waals surface area (Å²) in [6, 6.07) is 0.239. The lowest BCUT2D eigenvalue weighted by Crippen LogP contribution is -2.39. The maximum Gasteiger partial charge on any atom is 0.222 e. The highest BCUT2D eigenvalue weighted by molar-refractivity contribution is 6.17. The summed E-state index contributed by atoms with van der Waals surface area (Å²) in [7, 11) is 1.65. The first-order valence-electron chi connectivity index (χ1n) is 5.47. The van der Waals surface area contributed by atoms with Gasteiger partial charge in [-0.25, -0.2) is 0 Å². The molecule has 15 heavy (non-hydrogen) atoms. The quantitative estimate of drug-likeness (QED) is 0.477. The van der Waals surface area contributed by atoms with Gasteiger partial charge in [0.05, 0.1) is 6.61 Å². The third kappa shape index (κ3) is 6.74. The molecule has 0 aromatic heterocycles. The minimum Gasteiger partial charge on any atom is -0.383 e. The van der Waals surface area contributed by atoms with Crippen LogP contribution in [0.2, 0.25) is 0 Å². The van der Waals surface area contributed by atoms with E-state index in [9.17, 15) is 4.79 Å². The predicted octanol–water partition coefficient (Wildman–Crippen LogP) is 2.28. The molecule has 0 aliphatic carbocycles. The maximum atomic E-state index is 11.8. The van der Waals surface area contributed by atoms with Gasteiger partial charge in [0.15, 0.2) is 0 Å². The Kier molecular flexibility index (Phi) is 8.82. The van der Waals surface area contributed by atoms with Gasteiger partial charge in [-0.15, -0.1) is 11.6 Å². The van der Waals surface area contributed by atoms with Crippen molar-refractivity contribution in [2.45, 2.75) is 39.2 Å². The number of hydrogen-bond donors (Lipinski definition) is 0. The van der Waals surface area contributed by atoms with Crippen LogP contribution in [0.1, 0.15) is 33.1 Å². The Labute approximate surface area is 97.7 Å². The third-order valence-electron chi connectivity index (χ3n) is 2.25. The fourth-order valence-electron chi connectivity index (χ4n) is 1.37. The van der Waals surface area contributed by atoms with E-state index >= 15 is 0 Å². The monoisotopic (exact) mass is 235 g/mol. The number of alkyl halides is 1. The molecule has 0 aromatic carbocycles. The van der Waals surface area contributed by atoms with Gasteiger partial charge in [0.1, 0.15) is 0 Å². The van der Waals surface area contributed by atoms with E-state index in [1.807, 2.05) is 18.7 Å². The van der Waals surface area contributed by atoms with Crippen LogP contribution in [0.4, 0.5) is 0 Å². The molecule has 4 heteroatoms. The second-order valence-electron chi connectivity index (χ2n) is 3.82. The lowest BCUT2D eigenvalue weighted by Gasteiger charge is -2.26. The lowest BCUT2D eigenvalue weighted by molar-refractivity contribution is -0.133. The summed E-state index contributed by atoms with van der Waals surface area (Å²) in [5, 5.41) is 0. The summed E-state index contributed by atoms with van der Waals surface area (Å²) in [6.45, 7) is 5.32.